The van der Waals surface area contributed by atoms with Crippen molar-refractivity contribution in [1.82, 2.24) is 4.98 Å². The Labute approximate surface area is 108 Å². The van der Waals surface area contributed by atoms with Crippen LogP contribution in [-0.2, 0) is 0 Å². The molecule has 0 aliphatic carbocycles. The van der Waals surface area contributed by atoms with Gasteiger partial charge in [0.1, 0.15) is 0 Å². The Balaban J connectivity index is 2.62. The molecule has 5 heteroatoms. The molecule has 18 heavy (non-hydrogen) atoms. The van der Waals surface area contributed by atoms with Crippen molar-refractivity contribution in [3.63, 3.8) is 0 Å². The van der Waals surface area contributed by atoms with Crippen LogP contribution < -0.4 is 15.8 Å². The van der Waals surface area contributed by atoms with Crippen molar-refractivity contribution in [3.05, 3.63) is 12.1 Å². The van der Waals surface area contributed by atoms with Gasteiger partial charge < -0.3 is 20.9 Å². The number of hydrogen-bond acceptors (Lipinski definition) is 5. The summed E-state index contributed by atoms with van der Waals surface area (Å²) in [5.41, 5.74) is 6.36. The van der Waals surface area contributed by atoms with Crippen LogP contribution in [0, 0.1) is 5.92 Å². The van der Waals surface area contributed by atoms with Gasteiger partial charge >= 0.3 is 0 Å². The summed E-state index contributed by atoms with van der Waals surface area (Å²) < 4.78 is 5.04. The van der Waals surface area contributed by atoms with Crippen molar-refractivity contribution in [3.8, 4) is 5.88 Å². The van der Waals surface area contributed by atoms with Gasteiger partial charge in [0.15, 0.2) is 5.82 Å². The third-order valence-corrected chi connectivity index (χ3v) is 3.18. The molecule has 102 valence electrons. The zero-order valence-electron chi connectivity index (χ0n) is 11.3. The lowest BCUT2D eigenvalue weighted by molar-refractivity contribution is 0.114. The summed E-state index contributed by atoms with van der Waals surface area (Å²) in [6.07, 6.45) is 1.52. The average molecular weight is 253 g/mol. The zero-order valence-corrected chi connectivity index (χ0v) is 11.3. The van der Waals surface area contributed by atoms with E-state index in [0.29, 0.717) is 29.8 Å². The maximum absolute atomic E-state index is 10.0. The Morgan fingerprint density at radius 2 is 2.06 bits per heavy atom. The van der Waals surface area contributed by atoms with Gasteiger partial charge in [0.05, 0.1) is 18.9 Å². The number of nitrogens with one attached hydrogen (secondary N) is 1. The van der Waals surface area contributed by atoms with Crippen LogP contribution in [0.1, 0.15) is 26.7 Å². The predicted octanol–water partition coefficient (Wildman–Crippen LogP) is 1.88. The largest absolute Gasteiger partial charge is 0.481 e. The molecule has 0 aromatic carbocycles. The Hall–Kier alpha value is -1.49. The Morgan fingerprint density at radius 1 is 1.39 bits per heavy atom. The minimum Gasteiger partial charge on any atom is -0.481 e. The maximum Gasteiger partial charge on any atom is 0.215 e. The highest BCUT2D eigenvalue weighted by molar-refractivity contribution is 5.61. The molecule has 0 saturated heterocycles. The fourth-order valence-corrected chi connectivity index (χ4v) is 1.91. The van der Waals surface area contributed by atoms with Gasteiger partial charge in [-0.25, -0.2) is 0 Å². The number of aromatic nitrogens is 1. The fraction of sp³-hybridized carbons (Fsp3) is 0.615. The molecule has 4 N–H and O–H groups in total. The molecule has 0 bridgehead atoms. The standard InChI is InChI=1S/C13H23N3O2/c1-4-9(5-2)11(17)8-15-13-10(14)6-7-12(16-13)18-3/h6-7,9,11,17H,4-5,8,14H2,1-3H3,(H,15,16). The second-order valence-electron chi connectivity index (χ2n) is 4.32. The van der Waals surface area contributed by atoms with Crippen LogP contribution in [0.2, 0.25) is 0 Å². The lowest BCUT2D eigenvalue weighted by Crippen LogP contribution is -2.28. The van der Waals surface area contributed by atoms with Gasteiger partial charge in [-0.15, -0.1) is 0 Å². The van der Waals surface area contributed by atoms with Gasteiger partial charge in [-0.05, 0) is 12.0 Å². The molecule has 0 aliphatic heterocycles. The molecular weight excluding hydrogens is 230 g/mol. The van der Waals surface area contributed by atoms with E-state index in [2.05, 4.69) is 24.1 Å². The number of ether oxygens (including phenoxy) is 1. The molecule has 5 nitrogen and oxygen atoms in total. The summed E-state index contributed by atoms with van der Waals surface area (Å²) in [6, 6.07) is 3.44. The first-order chi connectivity index (χ1) is 8.62. The monoisotopic (exact) mass is 253 g/mol. The highest BCUT2D eigenvalue weighted by Gasteiger charge is 2.15. The summed E-state index contributed by atoms with van der Waals surface area (Å²) in [7, 11) is 1.56. The van der Waals surface area contributed by atoms with E-state index in [9.17, 15) is 5.11 Å². The Kier molecular flexibility index (Phi) is 5.71. The number of methoxy groups -OCH3 is 1. The number of hydrogen-bond donors (Lipinski definition) is 3. The van der Waals surface area contributed by atoms with E-state index in [1.807, 2.05) is 0 Å². The lowest BCUT2D eigenvalue weighted by Gasteiger charge is -2.21. The second-order valence-corrected chi connectivity index (χ2v) is 4.32. The van der Waals surface area contributed by atoms with E-state index in [1.165, 1.54) is 0 Å². The van der Waals surface area contributed by atoms with Crippen molar-refractivity contribution < 1.29 is 9.84 Å². The summed E-state index contributed by atoms with van der Waals surface area (Å²) in [5.74, 6) is 1.35. The molecule has 0 radical (unpaired) electrons. The van der Waals surface area contributed by atoms with Crippen molar-refractivity contribution in [2.75, 3.05) is 24.7 Å². The van der Waals surface area contributed by atoms with Crippen molar-refractivity contribution in [2.45, 2.75) is 32.8 Å². The van der Waals surface area contributed by atoms with Gasteiger partial charge in [-0.2, -0.15) is 4.98 Å². The van der Waals surface area contributed by atoms with Crippen LogP contribution >= 0.6 is 0 Å². The normalized spacial score (nSPS) is 12.5. The van der Waals surface area contributed by atoms with E-state index < -0.39 is 6.10 Å². The Bertz CT molecular complexity index is 367. The number of nitrogen functional groups attached to an aromatic ring is 1. The highest BCUT2D eigenvalue weighted by Crippen LogP contribution is 2.20. The van der Waals surface area contributed by atoms with Crippen LogP contribution in [0.3, 0.4) is 0 Å². The van der Waals surface area contributed by atoms with Gasteiger partial charge in [0.2, 0.25) is 5.88 Å². The average Bonchev–Trinajstić information content (AvgIpc) is 2.39. The SMILES string of the molecule is CCC(CC)C(O)CNc1nc(OC)ccc1N. The van der Waals surface area contributed by atoms with Crippen LogP contribution in [0.25, 0.3) is 0 Å². The molecular formula is C13H23N3O2. The van der Waals surface area contributed by atoms with Crippen molar-refractivity contribution in [2.24, 2.45) is 5.92 Å². The molecule has 1 unspecified atom stereocenters. The quantitative estimate of drug-likeness (QED) is 0.691. The molecule has 0 aliphatic rings. The molecule has 1 aromatic heterocycles. The van der Waals surface area contributed by atoms with Crippen molar-refractivity contribution in [1.29, 1.82) is 0 Å². The van der Waals surface area contributed by atoms with Crippen LogP contribution in [0.4, 0.5) is 11.5 Å². The molecule has 0 fully saturated rings. The van der Waals surface area contributed by atoms with E-state index in [4.69, 9.17) is 10.5 Å². The molecule has 1 heterocycles. The summed E-state index contributed by atoms with van der Waals surface area (Å²) >= 11 is 0. The summed E-state index contributed by atoms with van der Waals surface area (Å²) in [6.45, 7) is 4.60. The minimum absolute atomic E-state index is 0.296. The van der Waals surface area contributed by atoms with Gasteiger partial charge in [-0.3, -0.25) is 0 Å². The first-order valence-corrected chi connectivity index (χ1v) is 6.34. The number of nitrogens with two attached hydrogens (primary N) is 1. The number of rotatable bonds is 7. The van der Waals surface area contributed by atoms with E-state index >= 15 is 0 Å². The summed E-state index contributed by atoms with van der Waals surface area (Å²) in [5, 5.41) is 13.1. The third-order valence-electron chi connectivity index (χ3n) is 3.18. The Morgan fingerprint density at radius 3 is 2.61 bits per heavy atom. The maximum atomic E-state index is 10.0. The van der Waals surface area contributed by atoms with Gasteiger partial charge in [0, 0.05) is 12.6 Å². The van der Waals surface area contributed by atoms with Crippen LogP contribution in [0.15, 0.2) is 12.1 Å². The number of aliphatic hydroxyl groups is 1. The molecule has 0 amide bonds. The first kappa shape index (κ1) is 14.6. The third kappa shape index (κ3) is 3.77. The zero-order chi connectivity index (χ0) is 13.5. The van der Waals surface area contributed by atoms with Gasteiger partial charge in [0.25, 0.3) is 0 Å². The molecule has 1 rings (SSSR count). The number of nitrogens with zero attached hydrogens (tertiary/aromatic N) is 1. The summed E-state index contributed by atoms with van der Waals surface area (Å²) in [4.78, 5) is 4.20. The van der Waals surface area contributed by atoms with E-state index in [1.54, 1.807) is 19.2 Å². The molecule has 1 atom stereocenters. The first-order valence-electron chi connectivity index (χ1n) is 6.34. The smallest absolute Gasteiger partial charge is 0.215 e. The fourth-order valence-electron chi connectivity index (χ4n) is 1.91. The number of pyridine rings is 1. The van der Waals surface area contributed by atoms with Crippen molar-refractivity contribution >= 4 is 11.5 Å². The molecule has 1 aromatic rings. The van der Waals surface area contributed by atoms with E-state index in [-0.39, 0.29) is 0 Å². The van der Waals surface area contributed by atoms with Crippen LogP contribution in [0.5, 0.6) is 5.88 Å². The predicted molar refractivity (Wildman–Crippen MR) is 73.8 cm³/mol. The van der Waals surface area contributed by atoms with Crippen LogP contribution in [-0.4, -0.2) is 29.8 Å². The number of aliphatic hydroxyl groups excluding tert-OH is 1. The van der Waals surface area contributed by atoms with E-state index in [0.717, 1.165) is 12.8 Å². The van der Waals surface area contributed by atoms with Gasteiger partial charge in [-0.1, -0.05) is 26.7 Å². The minimum atomic E-state index is -0.396. The highest BCUT2D eigenvalue weighted by atomic mass is 16.5. The molecule has 0 spiro atoms. The topological polar surface area (TPSA) is 80.4 Å². The lowest BCUT2D eigenvalue weighted by atomic mass is 9.96. The number of anilines is 2. The molecule has 0 saturated carbocycles. The second kappa shape index (κ2) is 7.06.